The lowest BCUT2D eigenvalue weighted by Gasteiger charge is -2.33. The first kappa shape index (κ1) is 17.4. The number of nitrogens with zero attached hydrogens (tertiary/aromatic N) is 3. The fraction of sp³-hybridized carbons (Fsp3) is 0.778. The third-order valence-corrected chi connectivity index (χ3v) is 5.03. The number of likely N-dealkylation sites (tertiary alicyclic amines) is 1. The van der Waals surface area contributed by atoms with E-state index >= 15 is 0 Å². The summed E-state index contributed by atoms with van der Waals surface area (Å²) in [5.41, 5.74) is 0.546. The third-order valence-electron chi connectivity index (χ3n) is 5.03. The molecule has 6 nitrogen and oxygen atoms in total. The molecule has 0 saturated carbocycles. The first-order valence-electron chi connectivity index (χ1n) is 9.41. The van der Waals surface area contributed by atoms with Gasteiger partial charge >= 0.3 is 0 Å². The van der Waals surface area contributed by atoms with Crippen LogP contribution in [0, 0.1) is 5.92 Å². The zero-order chi connectivity index (χ0) is 16.9. The van der Waals surface area contributed by atoms with Gasteiger partial charge in [0.05, 0.1) is 6.04 Å². The predicted octanol–water partition coefficient (Wildman–Crippen LogP) is 1.66. The highest BCUT2D eigenvalue weighted by atomic mass is 16.2. The Morgan fingerprint density at radius 3 is 2.83 bits per heavy atom. The zero-order valence-corrected chi connectivity index (χ0v) is 15.0. The Balaban J connectivity index is 1.48. The number of aromatic nitrogens is 2. The Morgan fingerprint density at radius 1 is 1.38 bits per heavy atom. The maximum Gasteiger partial charge on any atom is 0.271 e. The molecule has 134 valence electrons. The Labute approximate surface area is 145 Å². The number of piperidine rings is 2. The van der Waals surface area contributed by atoms with E-state index in [0.717, 1.165) is 52.0 Å². The molecule has 2 aliphatic rings. The standard InChI is InChI=1S/C18H31N5O/c1-14(2)13-22-9-5-15(6-10-22)20-18(24)17-7-11-23(21-17)16-4-3-8-19-12-16/h7,11,14-16,19H,3-6,8-10,12-13H2,1-2H3,(H,20,24). The van der Waals surface area contributed by atoms with Crippen molar-refractivity contribution in [3.05, 3.63) is 18.0 Å². The average molecular weight is 333 g/mol. The van der Waals surface area contributed by atoms with Gasteiger partial charge in [-0.3, -0.25) is 9.48 Å². The van der Waals surface area contributed by atoms with E-state index in [1.807, 2.05) is 16.9 Å². The molecule has 0 aromatic carbocycles. The second kappa shape index (κ2) is 8.12. The van der Waals surface area contributed by atoms with Gasteiger partial charge in [-0.2, -0.15) is 5.10 Å². The van der Waals surface area contributed by atoms with Crippen molar-refractivity contribution in [1.82, 2.24) is 25.3 Å². The van der Waals surface area contributed by atoms with Crippen LogP contribution in [0.15, 0.2) is 12.3 Å². The monoisotopic (exact) mass is 333 g/mol. The summed E-state index contributed by atoms with van der Waals surface area (Å²) in [6, 6.07) is 2.50. The molecule has 2 fully saturated rings. The van der Waals surface area contributed by atoms with Crippen LogP contribution in [-0.4, -0.2) is 59.4 Å². The molecule has 0 spiro atoms. The molecule has 2 saturated heterocycles. The fourth-order valence-electron chi connectivity index (χ4n) is 3.76. The highest BCUT2D eigenvalue weighted by Gasteiger charge is 2.23. The van der Waals surface area contributed by atoms with Gasteiger partial charge in [-0.15, -0.1) is 0 Å². The number of carbonyl (C=O) groups is 1. The summed E-state index contributed by atoms with van der Waals surface area (Å²) in [6.45, 7) is 9.84. The Morgan fingerprint density at radius 2 is 2.17 bits per heavy atom. The molecule has 1 atom stereocenters. The second-order valence-electron chi connectivity index (χ2n) is 7.62. The van der Waals surface area contributed by atoms with E-state index in [-0.39, 0.29) is 11.9 Å². The highest BCUT2D eigenvalue weighted by molar-refractivity contribution is 5.92. The van der Waals surface area contributed by atoms with E-state index in [9.17, 15) is 4.79 Å². The normalized spacial score (nSPS) is 23.5. The summed E-state index contributed by atoms with van der Waals surface area (Å²) in [5, 5.41) is 11.1. The molecule has 1 aromatic heterocycles. The van der Waals surface area contributed by atoms with Crippen molar-refractivity contribution < 1.29 is 4.79 Å². The smallest absolute Gasteiger partial charge is 0.271 e. The lowest BCUT2D eigenvalue weighted by atomic mass is 10.0. The van der Waals surface area contributed by atoms with Crippen LogP contribution in [0.4, 0.5) is 0 Å². The van der Waals surface area contributed by atoms with Crippen LogP contribution in [0.2, 0.25) is 0 Å². The fourth-order valence-corrected chi connectivity index (χ4v) is 3.76. The van der Waals surface area contributed by atoms with Gasteiger partial charge in [-0.1, -0.05) is 13.8 Å². The van der Waals surface area contributed by atoms with Gasteiger partial charge in [0.1, 0.15) is 5.69 Å². The molecular weight excluding hydrogens is 302 g/mol. The molecule has 1 unspecified atom stereocenters. The first-order valence-corrected chi connectivity index (χ1v) is 9.41. The Bertz CT molecular complexity index is 527. The molecule has 3 heterocycles. The van der Waals surface area contributed by atoms with Crippen LogP contribution in [0.3, 0.4) is 0 Å². The second-order valence-corrected chi connectivity index (χ2v) is 7.62. The number of amides is 1. The van der Waals surface area contributed by atoms with E-state index < -0.39 is 0 Å². The third kappa shape index (κ3) is 4.57. The molecule has 0 aliphatic carbocycles. The number of carbonyl (C=O) groups excluding carboxylic acids is 1. The number of hydrogen-bond acceptors (Lipinski definition) is 4. The SMILES string of the molecule is CC(C)CN1CCC(NC(=O)c2ccn(C3CCCNC3)n2)CC1. The number of nitrogens with one attached hydrogen (secondary N) is 2. The van der Waals surface area contributed by atoms with Gasteiger partial charge < -0.3 is 15.5 Å². The average Bonchev–Trinajstić information content (AvgIpc) is 3.07. The molecule has 2 N–H and O–H groups in total. The topological polar surface area (TPSA) is 62.2 Å². The molecular formula is C18H31N5O. The van der Waals surface area contributed by atoms with Crippen LogP contribution in [0.25, 0.3) is 0 Å². The minimum atomic E-state index is -0.0279. The van der Waals surface area contributed by atoms with Crippen LogP contribution < -0.4 is 10.6 Å². The molecule has 6 heteroatoms. The number of rotatable bonds is 5. The van der Waals surface area contributed by atoms with Gasteiger partial charge in [0, 0.05) is 38.4 Å². The molecule has 2 aliphatic heterocycles. The largest absolute Gasteiger partial charge is 0.348 e. The van der Waals surface area contributed by atoms with E-state index in [2.05, 4.69) is 34.5 Å². The van der Waals surface area contributed by atoms with Crippen LogP contribution >= 0.6 is 0 Å². The van der Waals surface area contributed by atoms with Crippen molar-refractivity contribution >= 4 is 5.91 Å². The van der Waals surface area contributed by atoms with Crippen molar-refractivity contribution in [2.75, 3.05) is 32.7 Å². The van der Waals surface area contributed by atoms with Gasteiger partial charge in [0.15, 0.2) is 0 Å². The molecule has 0 radical (unpaired) electrons. The first-order chi connectivity index (χ1) is 11.6. The summed E-state index contributed by atoms with van der Waals surface area (Å²) < 4.78 is 1.95. The van der Waals surface area contributed by atoms with Gasteiger partial charge in [0.2, 0.25) is 0 Å². The predicted molar refractivity (Wildman–Crippen MR) is 95.1 cm³/mol. The minimum Gasteiger partial charge on any atom is -0.348 e. The molecule has 24 heavy (non-hydrogen) atoms. The lowest BCUT2D eigenvalue weighted by Crippen LogP contribution is -2.45. The summed E-state index contributed by atoms with van der Waals surface area (Å²) in [7, 11) is 0. The number of hydrogen-bond donors (Lipinski definition) is 2. The van der Waals surface area contributed by atoms with E-state index in [1.54, 1.807) is 0 Å². The van der Waals surface area contributed by atoms with Crippen LogP contribution in [0.5, 0.6) is 0 Å². The van der Waals surface area contributed by atoms with Crippen molar-refractivity contribution in [2.24, 2.45) is 5.92 Å². The molecule has 1 aromatic rings. The maximum atomic E-state index is 12.5. The summed E-state index contributed by atoms with van der Waals surface area (Å²) >= 11 is 0. The van der Waals surface area contributed by atoms with E-state index in [0.29, 0.717) is 17.7 Å². The molecule has 1 amide bonds. The summed E-state index contributed by atoms with van der Waals surface area (Å²) in [5.74, 6) is 0.675. The van der Waals surface area contributed by atoms with Crippen LogP contribution in [-0.2, 0) is 0 Å². The van der Waals surface area contributed by atoms with E-state index in [4.69, 9.17) is 0 Å². The minimum absolute atomic E-state index is 0.0279. The highest BCUT2D eigenvalue weighted by Crippen LogP contribution is 2.16. The zero-order valence-electron chi connectivity index (χ0n) is 15.0. The molecule has 0 bridgehead atoms. The Kier molecular flexibility index (Phi) is 5.89. The maximum absolute atomic E-state index is 12.5. The lowest BCUT2D eigenvalue weighted by molar-refractivity contribution is 0.0901. The van der Waals surface area contributed by atoms with Gasteiger partial charge in [0.25, 0.3) is 5.91 Å². The summed E-state index contributed by atoms with van der Waals surface area (Å²) in [6.07, 6.45) is 6.31. The van der Waals surface area contributed by atoms with Gasteiger partial charge in [-0.25, -0.2) is 0 Å². The summed E-state index contributed by atoms with van der Waals surface area (Å²) in [4.78, 5) is 15.0. The van der Waals surface area contributed by atoms with E-state index in [1.165, 1.54) is 6.42 Å². The van der Waals surface area contributed by atoms with Crippen molar-refractivity contribution in [1.29, 1.82) is 0 Å². The van der Waals surface area contributed by atoms with Crippen molar-refractivity contribution in [3.8, 4) is 0 Å². The molecule has 3 rings (SSSR count). The quantitative estimate of drug-likeness (QED) is 0.860. The van der Waals surface area contributed by atoms with Gasteiger partial charge in [-0.05, 0) is 44.2 Å². The Hall–Kier alpha value is -1.40. The van der Waals surface area contributed by atoms with Crippen LogP contribution in [0.1, 0.15) is 56.1 Å². The van der Waals surface area contributed by atoms with Crippen molar-refractivity contribution in [3.63, 3.8) is 0 Å². The van der Waals surface area contributed by atoms with Crippen molar-refractivity contribution in [2.45, 2.75) is 51.6 Å².